The minimum Gasteiger partial charge on any atom is -0.376 e. The number of rotatable bonds is 7. The van der Waals surface area contributed by atoms with Crippen LogP contribution in [0.25, 0.3) is 0 Å². The minimum atomic E-state index is 0.697. The second-order valence-corrected chi connectivity index (χ2v) is 4.83. The number of ether oxygens (including phenoxy) is 1. The maximum atomic E-state index is 5.82. The first kappa shape index (κ1) is 12.7. The summed E-state index contributed by atoms with van der Waals surface area (Å²) in [6.07, 6.45) is 3.99. The fourth-order valence-corrected chi connectivity index (χ4v) is 2.11. The van der Waals surface area contributed by atoms with Crippen LogP contribution in [-0.2, 0) is 11.3 Å². The van der Waals surface area contributed by atoms with Crippen molar-refractivity contribution in [1.82, 2.24) is 5.32 Å². The maximum Gasteiger partial charge on any atom is 0.0931 e. The van der Waals surface area contributed by atoms with Crippen LogP contribution < -0.4 is 5.32 Å². The van der Waals surface area contributed by atoms with E-state index in [1.54, 1.807) is 11.3 Å². The van der Waals surface area contributed by atoms with E-state index < -0.39 is 0 Å². The molecule has 0 fully saturated rings. The highest BCUT2D eigenvalue weighted by molar-refractivity contribution is 7.16. The molecule has 1 heterocycles. The van der Waals surface area contributed by atoms with E-state index in [9.17, 15) is 0 Å². The Hall–Kier alpha value is -0.350. The van der Waals surface area contributed by atoms with Gasteiger partial charge in [-0.3, -0.25) is 0 Å². The molecule has 0 saturated heterocycles. The highest BCUT2D eigenvalue weighted by Crippen LogP contribution is 2.20. The van der Waals surface area contributed by atoms with Crippen LogP contribution in [0.2, 0.25) is 4.34 Å². The number of hydrogen-bond donors (Lipinski definition) is 1. The summed E-state index contributed by atoms with van der Waals surface area (Å²) in [6.45, 7) is 5.16. The summed E-state index contributed by atoms with van der Waals surface area (Å²) < 4.78 is 6.19. The average Bonchev–Trinajstić information content (AvgIpc) is 2.63. The predicted molar refractivity (Wildman–Crippen MR) is 66.7 cm³/mol. The van der Waals surface area contributed by atoms with Crippen molar-refractivity contribution in [2.24, 2.45) is 0 Å². The number of nitrogens with one attached hydrogen (secondary N) is 1. The smallest absolute Gasteiger partial charge is 0.0931 e. The largest absolute Gasteiger partial charge is 0.376 e. The van der Waals surface area contributed by atoms with Gasteiger partial charge in [0.2, 0.25) is 0 Å². The van der Waals surface area contributed by atoms with Crippen molar-refractivity contribution in [1.29, 1.82) is 0 Å². The molecule has 0 aliphatic heterocycles. The lowest BCUT2D eigenvalue weighted by molar-refractivity contribution is 0.163. The van der Waals surface area contributed by atoms with Gasteiger partial charge in [0.05, 0.1) is 17.6 Å². The van der Waals surface area contributed by atoms with Gasteiger partial charge in [0.25, 0.3) is 0 Å². The molecule has 0 radical (unpaired) electrons. The Balaban J connectivity index is 1.97. The highest BCUT2D eigenvalue weighted by Gasteiger charge is 1.96. The first-order chi connectivity index (χ1) is 7.33. The topological polar surface area (TPSA) is 21.3 Å². The molecule has 1 aromatic rings. The Bertz CT molecular complexity index is 299. The third-order valence-electron chi connectivity index (χ3n) is 1.80. The summed E-state index contributed by atoms with van der Waals surface area (Å²) in [4.78, 5) is 1.26. The molecule has 0 unspecified atom stereocenters. The monoisotopic (exact) mass is 245 g/mol. The molecule has 0 aliphatic rings. The van der Waals surface area contributed by atoms with Gasteiger partial charge in [-0.25, -0.2) is 0 Å². The van der Waals surface area contributed by atoms with Crippen molar-refractivity contribution in [2.45, 2.75) is 13.5 Å². The molecule has 0 spiro atoms. The van der Waals surface area contributed by atoms with Gasteiger partial charge < -0.3 is 10.1 Å². The summed E-state index contributed by atoms with van der Waals surface area (Å²) in [5.74, 6) is 0. The van der Waals surface area contributed by atoms with Crippen LogP contribution in [0.4, 0.5) is 0 Å². The van der Waals surface area contributed by atoms with Crippen LogP contribution in [-0.4, -0.2) is 19.8 Å². The van der Waals surface area contributed by atoms with Gasteiger partial charge in [0, 0.05) is 18.0 Å². The molecule has 4 heteroatoms. The highest BCUT2D eigenvalue weighted by atomic mass is 35.5. The third-order valence-corrected chi connectivity index (χ3v) is 3.03. The fraction of sp³-hybridized carbons (Fsp3) is 0.455. The van der Waals surface area contributed by atoms with Crippen molar-refractivity contribution in [3.8, 4) is 0 Å². The SMILES string of the molecule is CC=CCOCCNCc1ccc(Cl)s1. The van der Waals surface area contributed by atoms with E-state index >= 15 is 0 Å². The van der Waals surface area contributed by atoms with E-state index in [-0.39, 0.29) is 0 Å². The number of allylic oxidation sites excluding steroid dienone is 1. The van der Waals surface area contributed by atoms with Crippen LogP contribution in [0.15, 0.2) is 24.3 Å². The maximum absolute atomic E-state index is 5.82. The molecule has 1 rings (SSSR count). The van der Waals surface area contributed by atoms with Crippen molar-refractivity contribution < 1.29 is 4.74 Å². The molecular weight excluding hydrogens is 230 g/mol. The Labute approximate surface area is 99.9 Å². The van der Waals surface area contributed by atoms with Gasteiger partial charge in [-0.15, -0.1) is 11.3 Å². The summed E-state index contributed by atoms with van der Waals surface area (Å²) in [6, 6.07) is 3.96. The Morgan fingerprint density at radius 1 is 1.53 bits per heavy atom. The molecule has 15 heavy (non-hydrogen) atoms. The molecular formula is C11H16ClNOS. The van der Waals surface area contributed by atoms with Gasteiger partial charge >= 0.3 is 0 Å². The first-order valence-electron chi connectivity index (χ1n) is 4.96. The zero-order chi connectivity index (χ0) is 10.9. The summed E-state index contributed by atoms with van der Waals surface area (Å²) in [5.41, 5.74) is 0. The van der Waals surface area contributed by atoms with Gasteiger partial charge in [0.15, 0.2) is 0 Å². The molecule has 0 amide bonds. The molecule has 0 saturated carbocycles. The second kappa shape index (κ2) is 7.88. The molecule has 1 aromatic heterocycles. The fourth-order valence-electron chi connectivity index (χ4n) is 1.05. The Morgan fingerprint density at radius 3 is 3.07 bits per heavy atom. The Kier molecular flexibility index (Phi) is 6.68. The quantitative estimate of drug-likeness (QED) is 0.589. The molecule has 2 nitrogen and oxygen atoms in total. The lowest BCUT2D eigenvalue weighted by atomic mass is 10.4. The minimum absolute atomic E-state index is 0.697. The van der Waals surface area contributed by atoms with E-state index in [2.05, 4.69) is 5.32 Å². The summed E-state index contributed by atoms with van der Waals surface area (Å²) in [5, 5.41) is 3.29. The molecule has 84 valence electrons. The predicted octanol–water partition coefficient (Wildman–Crippen LogP) is 3.08. The first-order valence-corrected chi connectivity index (χ1v) is 6.16. The van der Waals surface area contributed by atoms with Gasteiger partial charge in [0.1, 0.15) is 0 Å². The van der Waals surface area contributed by atoms with E-state index in [0.29, 0.717) is 6.61 Å². The summed E-state index contributed by atoms with van der Waals surface area (Å²) in [7, 11) is 0. The number of halogens is 1. The average molecular weight is 246 g/mol. The van der Waals surface area contributed by atoms with Crippen molar-refractivity contribution in [3.63, 3.8) is 0 Å². The molecule has 0 aliphatic carbocycles. The number of hydrogen-bond acceptors (Lipinski definition) is 3. The van der Waals surface area contributed by atoms with Crippen LogP contribution in [0.3, 0.4) is 0 Å². The van der Waals surface area contributed by atoms with E-state index in [1.165, 1.54) is 4.88 Å². The normalized spacial score (nSPS) is 11.3. The zero-order valence-corrected chi connectivity index (χ0v) is 10.4. The number of thiophene rings is 1. The lowest BCUT2D eigenvalue weighted by Gasteiger charge is -2.02. The molecule has 0 bridgehead atoms. The molecule has 0 aromatic carbocycles. The lowest BCUT2D eigenvalue weighted by Crippen LogP contribution is -2.18. The second-order valence-electron chi connectivity index (χ2n) is 3.03. The van der Waals surface area contributed by atoms with Gasteiger partial charge in [-0.2, -0.15) is 0 Å². The van der Waals surface area contributed by atoms with Crippen molar-refractivity contribution in [2.75, 3.05) is 19.8 Å². The summed E-state index contributed by atoms with van der Waals surface area (Å²) >= 11 is 7.43. The van der Waals surface area contributed by atoms with Crippen LogP contribution in [0.5, 0.6) is 0 Å². The van der Waals surface area contributed by atoms with Gasteiger partial charge in [-0.1, -0.05) is 23.8 Å². The van der Waals surface area contributed by atoms with Crippen molar-refractivity contribution >= 4 is 22.9 Å². The standard InChI is InChI=1S/C11H16ClNOS/c1-2-3-7-14-8-6-13-9-10-4-5-11(12)15-10/h2-5,13H,6-9H2,1H3. The van der Waals surface area contributed by atoms with Gasteiger partial charge in [-0.05, 0) is 19.1 Å². The van der Waals surface area contributed by atoms with Crippen LogP contribution in [0.1, 0.15) is 11.8 Å². The molecule has 1 N–H and O–H groups in total. The Morgan fingerprint density at radius 2 is 2.40 bits per heavy atom. The van der Waals surface area contributed by atoms with Crippen LogP contribution >= 0.6 is 22.9 Å². The van der Waals surface area contributed by atoms with E-state index in [0.717, 1.165) is 24.0 Å². The van der Waals surface area contributed by atoms with Crippen LogP contribution in [0, 0.1) is 0 Å². The zero-order valence-electron chi connectivity index (χ0n) is 8.83. The third kappa shape index (κ3) is 5.95. The van der Waals surface area contributed by atoms with Crippen molar-refractivity contribution in [3.05, 3.63) is 33.5 Å². The molecule has 0 atom stereocenters. The van der Waals surface area contributed by atoms with E-state index in [4.69, 9.17) is 16.3 Å². The van der Waals surface area contributed by atoms with E-state index in [1.807, 2.05) is 31.2 Å².